The quantitative estimate of drug-likeness (QED) is 0.870. The van der Waals surface area contributed by atoms with E-state index in [9.17, 15) is 0 Å². The van der Waals surface area contributed by atoms with Gasteiger partial charge in [0.05, 0.1) is 13.7 Å². The van der Waals surface area contributed by atoms with Gasteiger partial charge in [-0.25, -0.2) is 0 Å². The molecule has 1 heterocycles. The van der Waals surface area contributed by atoms with Crippen LogP contribution >= 0.6 is 0 Å². The van der Waals surface area contributed by atoms with Crippen LogP contribution in [-0.4, -0.2) is 25.6 Å². The summed E-state index contributed by atoms with van der Waals surface area (Å²) in [5.74, 6) is 1.98. The van der Waals surface area contributed by atoms with Crippen molar-refractivity contribution >= 4 is 6.08 Å². The summed E-state index contributed by atoms with van der Waals surface area (Å²) in [5.41, 5.74) is 1.91. The van der Waals surface area contributed by atoms with Gasteiger partial charge in [-0.2, -0.15) is 0 Å². The van der Waals surface area contributed by atoms with Gasteiger partial charge in [0.1, 0.15) is 0 Å². The van der Waals surface area contributed by atoms with Gasteiger partial charge in [-0.1, -0.05) is 13.0 Å². The molecule has 17 heavy (non-hydrogen) atoms. The van der Waals surface area contributed by atoms with Crippen molar-refractivity contribution in [3.63, 3.8) is 0 Å². The van der Waals surface area contributed by atoms with Gasteiger partial charge in [0.25, 0.3) is 0 Å². The third-order valence-corrected chi connectivity index (χ3v) is 2.71. The summed E-state index contributed by atoms with van der Waals surface area (Å²) in [6.45, 7) is 2.29. The second-order valence-corrected chi connectivity index (χ2v) is 3.77. The average Bonchev–Trinajstić information content (AvgIpc) is 2.82. The molecule has 1 N–H and O–H groups in total. The van der Waals surface area contributed by atoms with Crippen molar-refractivity contribution in [3.8, 4) is 17.2 Å². The van der Waals surface area contributed by atoms with Crippen molar-refractivity contribution in [1.82, 2.24) is 0 Å². The van der Waals surface area contributed by atoms with Crippen molar-refractivity contribution in [2.75, 3.05) is 20.5 Å². The predicted molar refractivity (Wildman–Crippen MR) is 64.5 cm³/mol. The van der Waals surface area contributed by atoms with Gasteiger partial charge in [-0.15, -0.1) is 0 Å². The van der Waals surface area contributed by atoms with E-state index in [1.165, 1.54) is 0 Å². The molecule has 0 fully saturated rings. The Balaban J connectivity index is 2.40. The first-order chi connectivity index (χ1) is 8.28. The molecule has 1 aliphatic heterocycles. The number of fused-ring (bicyclic) bond motifs is 1. The molecule has 0 atom stereocenters. The molecule has 4 heteroatoms. The maximum absolute atomic E-state index is 9.15. The zero-order chi connectivity index (χ0) is 12.3. The third-order valence-electron chi connectivity index (χ3n) is 2.71. The van der Waals surface area contributed by atoms with Gasteiger partial charge < -0.3 is 19.3 Å². The van der Waals surface area contributed by atoms with E-state index < -0.39 is 0 Å². The largest absolute Gasteiger partial charge is 0.493 e. The number of aliphatic hydroxyl groups is 1. The van der Waals surface area contributed by atoms with Crippen LogP contribution in [0.15, 0.2) is 17.7 Å². The highest BCUT2D eigenvalue weighted by Gasteiger charge is 2.19. The summed E-state index contributed by atoms with van der Waals surface area (Å²) in [7, 11) is 1.59. The molecule has 0 saturated heterocycles. The molecule has 0 bridgehead atoms. The SMILES string of the molecule is CC/C(=C/c1cc(OC)c2c(c1)OCO2)CO. The summed E-state index contributed by atoms with van der Waals surface area (Å²) < 4.78 is 15.9. The van der Waals surface area contributed by atoms with Crippen molar-refractivity contribution in [2.45, 2.75) is 13.3 Å². The van der Waals surface area contributed by atoms with E-state index in [4.69, 9.17) is 19.3 Å². The van der Waals surface area contributed by atoms with Gasteiger partial charge in [-0.3, -0.25) is 0 Å². The molecule has 1 aromatic rings. The fourth-order valence-corrected chi connectivity index (χ4v) is 1.73. The summed E-state index contributed by atoms with van der Waals surface area (Å²) in [6, 6.07) is 3.76. The molecular formula is C13H16O4. The molecular weight excluding hydrogens is 220 g/mol. The average molecular weight is 236 g/mol. The van der Waals surface area contributed by atoms with Crippen LogP contribution in [0.4, 0.5) is 0 Å². The first kappa shape index (κ1) is 11.8. The molecule has 2 rings (SSSR count). The summed E-state index contributed by atoms with van der Waals surface area (Å²) in [6.07, 6.45) is 2.75. The Morgan fingerprint density at radius 2 is 2.29 bits per heavy atom. The maximum atomic E-state index is 9.15. The van der Waals surface area contributed by atoms with E-state index in [2.05, 4.69) is 0 Å². The fourth-order valence-electron chi connectivity index (χ4n) is 1.73. The number of benzene rings is 1. The number of ether oxygens (including phenoxy) is 3. The Bertz CT molecular complexity index is 431. The molecule has 1 aliphatic rings. The van der Waals surface area contributed by atoms with E-state index in [1.54, 1.807) is 7.11 Å². The summed E-state index contributed by atoms with van der Waals surface area (Å²) in [5, 5.41) is 9.15. The Morgan fingerprint density at radius 1 is 1.47 bits per heavy atom. The molecule has 0 saturated carbocycles. The molecule has 1 aromatic carbocycles. The second-order valence-electron chi connectivity index (χ2n) is 3.77. The zero-order valence-corrected chi connectivity index (χ0v) is 10.0. The monoisotopic (exact) mass is 236 g/mol. The molecule has 0 spiro atoms. The topological polar surface area (TPSA) is 47.9 Å². The van der Waals surface area contributed by atoms with Crippen LogP contribution in [-0.2, 0) is 0 Å². The van der Waals surface area contributed by atoms with E-state index in [1.807, 2.05) is 25.1 Å². The van der Waals surface area contributed by atoms with Crippen molar-refractivity contribution < 1.29 is 19.3 Å². The third kappa shape index (κ3) is 2.36. The van der Waals surface area contributed by atoms with Crippen molar-refractivity contribution in [3.05, 3.63) is 23.3 Å². The lowest BCUT2D eigenvalue weighted by Gasteiger charge is -2.07. The zero-order valence-electron chi connectivity index (χ0n) is 10.0. The molecule has 0 unspecified atom stereocenters. The number of aliphatic hydroxyl groups excluding tert-OH is 1. The number of rotatable bonds is 4. The number of hydrogen-bond acceptors (Lipinski definition) is 4. The van der Waals surface area contributed by atoms with Gasteiger partial charge >= 0.3 is 0 Å². The van der Waals surface area contributed by atoms with Crippen molar-refractivity contribution in [1.29, 1.82) is 0 Å². The van der Waals surface area contributed by atoms with Gasteiger partial charge in [0, 0.05) is 0 Å². The fraction of sp³-hybridized carbons (Fsp3) is 0.385. The molecule has 0 aromatic heterocycles. The van der Waals surface area contributed by atoms with E-state index in [-0.39, 0.29) is 13.4 Å². The lowest BCUT2D eigenvalue weighted by molar-refractivity contribution is 0.171. The lowest BCUT2D eigenvalue weighted by Crippen LogP contribution is -1.93. The normalized spacial score (nSPS) is 13.9. The Morgan fingerprint density at radius 3 is 2.94 bits per heavy atom. The van der Waals surface area contributed by atoms with E-state index >= 15 is 0 Å². The van der Waals surface area contributed by atoms with Crippen LogP contribution in [0.5, 0.6) is 17.2 Å². The Kier molecular flexibility index (Phi) is 3.54. The minimum absolute atomic E-state index is 0.0628. The van der Waals surface area contributed by atoms with Crippen LogP contribution in [0.3, 0.4) is 0 Å². The van der Waals surface area contributed by atoms with E-state index in [0.717, 1.165) is 17.6 Å². The van der Waals surface area contributed by atoms with Crippen LogP contribution in [0.1, 0.15) is 18.9 Å². The standard InChI is InChI=1S/C13H16O4/c1-3-9(7-14)4-10-5-11(15-2)13-12(6-10)16-8-17-13/h4-6,14H,3,7-8H2,1-2H3/b9-4-. The highest BCUT2D eigenvalue weighted by molar-refractivity contribution is 5.64. The van der Waals surface area contributed by atoms with Crippen LogP contribution < -0.4 is 14.2 Å². The van der Waals surface area contributed by atoms with E-state index in [0.29, 0.717) is 17.2 Å². The predicted octanol–water partition coefficient (Wildman–Crippen LogP) is 2.21. The smallest absolute Gasteiger partial charge is 0.231 e. The highest BCUT2D eigenvalue weighted by Crippen LogP contribution is 2.42. The van der Waals surface area contributed by atoms with Gasteiger partial charge in [-0.05, 0) is 29.7 Å². The second kappa shape index (κ2) is 5.10. The van der Waals surface area contributed by atoms with Gasteiger partial charge in [0.15, 0.2) is 11.5 Å². The van der Waals surface area contributed by atoms with Crippen LogP contribution in [0.2, 0.25) is 0 Å². The number of hydrogen-bond donors (Lipinski definition) is 1. The maximum Gasteiger partial charge on any atom is 0.231 e. The lowest BCUT2D eigenvalue weighted by atomic mass is 10.1. The Labute approximate surface area is 100 Å². The number of methoxy groups -OCH3 is 1. The van der Waals surface area contributed by atoms with Crippen molar-refractivity contribution in [2.24, 2.45) is 0 Å². The first-order valence-corrected chi connectivity index (χ1v) is 5.56. The van der Waals surface area contributed by atoms with Gasteiger partial charge in [0.2, 0.25) is 12.5 Å². The molecule has 4 nitrogen and oxygen atoms in total. The minimum atomic E-state index is 0.0628. The summed E-state index contributed by atoms with van der Waals surface area (Å²) >= 11 is 0. The van der Waals surface area contributed by atoms with Crippen LogP contribution in [0, 0.1) is 0 Å². The molecule has 0 aliphatic carbocycles. The molecule has 0 radical (unpaired) electrons. The Hall–Kier alpha value is -1.68. The molecule has 92 valence electrons. The molecule has 0 amide bonds. The minimum Gasteiger partial charge on any atom is -0.493 e. The highest BCUT2D eigenvalue weighted by atomic mass is 16.7. The summed E-state index contributed by atoms with van der Waals surface area (Å²) in [4.78, 5) is 0. The van der Waals surface area contributed by atoms with Crippen LogP contribution in [0.25, 0.3) is 6.08 Å². The first-order valence-electron chi connectivity index (χ1n) is 5.56.